The molecule has 2 aromatic rings. The molecule has 1 fully saturated rings. The number of aromatic nitrogens is 1. The fourth-order valence-electron chi connectivity index (χ4n) is 3.02. The van der Waals surface area contributed by atoms with Crippen LogP contribution in [0.3, 0.4) is 0 Å². The SMILES string of the molecule is CC(C)c1ccc(-c2nc(C(=O)N3C[C@@H](C)O[C@H](C)C3)cs2)cc1. The number of benzene rings is 1. The van der Waals surface area contributed by atoms with E-state index in [-0.39, 0.29) is 18.1 Å². The lowest BCUT2D eigenvalue weighted by Crippen LogP contribution is -2.48. The zero-order valence-corrected chi connectivity index (χ0v) is 15.5. The second-order valence-corrected chi connectivity index (χ2v) is 7.64. The van der Waals surface area contributed by atoms with Gasteiger partial charge in [-0.2, -0.15) is 0 Å². The molecule has 5 heteroatoms. The van der Waals surface area contributed by atoms with E-state index in [1.165, 1.54) is 16.9 Å². The molecule has 1 aromatic carbocycles. The Morgan fingerprint density at radius 2 is 1.83 bits per heavy atom. The number of morpholine rings is 1. The molecule has 2 heterocycles. The Morgan fingerprint density at radius 1 is 1.21 bits per heavy atom. The number of amides is 1. The average Bonchev–Trinajstić information content (AvgIpc) is 3.03. The van der Waals surface area contributed by atoms with Crippen LogP contribution < -0.4 is 0 Å². The van der Waals surface area contributed by atoms with Gasteiger partial charge in [-0.3, -0.25) is 4.79 Å². The minimum atomic E-state index is -0.00157. The molecular formula is C19H24N2O2S. The second kappa shape index (κ2) is 7.03. The van der Waals surface area contributed by atoms with Gasteiger partial charge in [0.15, 0.2) is 0 Å². The molecule has 1 aliphatic rings. The lowest BCUT2D eigenvalue weighted by Gasteiger charge is -2.34. The zero-order valence-electron chi connectivity index (χ0n) is 14.7. The fourth-order valence-corrected chi connectivity index (χ4v) is 3.82. The Kier molecular flexibility index (Phi) is 5.01. The average molecular weight is 344 g/mol. The van der Waals surface area contributed by atoms with Crippen LogP contribution in [0.25, 0.3) is 10.6 Å². The first kappa shape index (κ1) is 17.1. The minimum absolute atomic E-state index is 0.00157. The Hall–Kier alpha value is -1.72. The number of ether oxygens (including phenoxy) is 1. The summed E-state index contributed by atoms with van der Waals surface area (Å²) in [6.07, 6.45) is 0.138. The van der Waals surface area contributed by atoms with Gasteiger partial charge in [-0.25, -0.2) is 4.98 Å². The Morgan fingerprint density at radius 3 is 2.42 bits per heavy atom. The number of rotatable bonds is 3. The number of carbonyl (C=O) groups excluding carboxylic acids is 1. The van der Waals surface area contributed by atoms with E-state index in [1.54, 1.807) is 0 Å². The molecule has 3 rings (SSSR count). The van der Waals surface area contributed by atoms with Crippen LogP contribution in [0.5, 0.6) is 0 Å². The summed E-state index contributed by atoms with van der Waals surface area (Å²) in [6.45, 7) is 9.61. The molecule has 0 radical (unpaired) electrons. The van der Waals surface area contributed by atoms with Crippen molar-refractivity contribution in [3.05, 3.63) is 40.9 Å². The lowest BCUT2D eigenvalue weighted by molar-refractivity contribution is -0.0587. The van der Waals surface area contributed by atoms with Crippen molar-refractivity contribution in [1.82, 2.24) is 9.88 Å². The summed E-state index contributed by atoms with van der Waals surface area (Å²) in [4.78, 5) is 19.1. The van der Waals surface area contributed by atoms with E-state index in [4.69, 9.17) is 4.74 Å². The predicted molar refractivity (Wildman–Crippen MR) is 97.6 cm³/mol. The van der Waals surface area contributed by atoms with Crippen molar-refractivity contribution in [1.29, 1.82) is 0 Å². The van der Waals surface area contributed by atoms with Crippen LogP contribution in [0.2, 0.25) is 0 Å². The molecule has 4 nitrogen and oxygen atoms in total. The summed E-state index contributed by atoms with van der Waals surface area (Å²) in [5, 5.41) is 2.75. The molecule has 0 N–H and O–H groups in total. The summed E-state index contributed by atoms with van der Waals surface area (Å²) in [6, 6.07) is 8.44. The quantitative estimate of drug-likeness (QED) is 0.839. The van der Waals surface area contributed by atoms with Crippen molar-refractivity contribution in [2.24, 2.45) is 0 Å². The Balaban J connectivity index is 1.76. The predicted octanol–water partition coefficient (Wildman–Crippen LogP) is 4.18. The van der Waals surface area contributed by atoms with Crippen LogP contribution in [-0.4, -0.2) is 41.1 Å². The highest BCUT2D eigenvalue weighted by Gasteiger charge is 2.27. The van der Waals surface area contributed by atoms with Crippen LogP contribution in [0.1, 0.15) is 49.7 Å². The number of carbonyl (C=O) groups is 1. The Bertz CT molecular complexity index is 698. The molecular weight excluding hydrogens is 320 g/mol. The number of thiazole rings is 1. The summed E-state index contributed by atoms with van der Waals surface area (Å²) >= 11 is 1.52. The molecule has 0 unspecified atom stereocenters. The van der Waals surface area contributed by atoms with Gasteiger partial charge in [0.25, 0.3) is 5.91 Å². The van der Waals surface area contributed by atoms with E-state index in [1.807, 2.05) is 24.1 Å². The van der Waals surface area contributed by atoms with Crippen molar-refractivity contribution in [3.8, 4) is 10.6 Å². The topological polar surface area (TPSA) is 42.4 Å². The molecule has 1 aliphatic heterocycles. The highest BCUT2D eigenvalue weighted by Crippen LogP contribution is 2.26. The van der Waals surface area contributed by atoms with Crippen LogP contribution in [0.4, 0.5) is 0 Å². The third-order valence-corrected chi connectivity index (χ3v) is 5.15. The standard InChI is InChI=1S/C19H24N2O2S/c1-12(2)15-5-7-16(8-6-15)18-20-17(11-24-18)19(22)21-9-13(3)23-14(4)10-21/h5-8,11-14H,9-10H2,1-4H3/t13-,14-/m1/s1. The van der Waals surface area contributed by atoms with Crippen molar-refractivity contribution in [3.63, 3.8) is 0 Å². The third kappa shape index (κ3) is 3.68. The van der Waals surface area contributed by atoms with Crippen LogP contribution >= 0.6 is 11.3 Å². The fraction of sp³-hybridized carbons (Fsp3) is 0.474. The van der Waals surface area contributed by atoms with Gasteiger partial charge < -0.3 is 9.64 Å². The molecule has 0 aliphatic carbocycles. The van der Waals surface area contributed by atoms with Gasteiger partial charge in [0.05, 0.1) is 12.2 Å². The largest absolute Gasteiger partial charge is 0.372 e. The molecule has 0 bridgehead atoms. The van der Waals surface area contributed by atoms with Crippen LogP contribution in [0, 0.1) is 0 Å². The van der Waals surface area contributed by atoms with Gasteiger partial charge in [-0.1, -0.05) is 38.1 Å². The van der Waals surface area contributed by atoms with Gasteiger partial charge in [-0.15, -0.1) is 11.3 Å². The molecule has 1 amide bonds. The van der Waals surface area contributed by atoms with E-state index in [2.05, 4.69) is 43.1 Å². The first-order valence-electron chi connectivity index (χ1n) is 8.44. The summed E-state index contributed by atoms with van der Waals surface area (Å²) in [5.41, 5.74) is 2.90. The smallest absolute Gasteiger partial charge is 0.273 e. The van der Waals surface area contributed by atoms with Gasteiger partial charge in [-0.05, 0) is 25.3 Å². The Labute approximate surface area is 147 Å². The van der Waals surface area contributed by atoms with Gasteiger partial charge in [0.2, 0.25) is 0 Å². The number of hydrogen-bond donors (Lipinski definition) is 0. The molecule has 1 saturated heterocycles. The van der Waals surface area contributed by atoms with Gasteiger partial charge >= 0.3 is 0 Å². The highest BCUT2D eigenvalue weighted by atomic mass is 32.1. The van der Waals surface area contributed by atoms with E-state index >= 15 is 0 Å². The normalized spacial score (nSPS) is 21.3. The number of nitrogens with zero attached hydrogens (tertiary/aromatic N) is 2. The molecule has 128 valence electrons. The van der Waals surface area contributed by atoms with Gasteiger partial charge in [0, 0.05) is 24.0 Å². The first-order valence-corrected chi connectivity index (χ1v) is 9.32. The molecule has 24 heavy (non-hydrogen) atoms. The maximum atomic E-state index is 12.7. The first-order chi connectivity index (χ1) is 11.4. The van der Waals surface area contributed by atoms with Crippen molar-refractivity contribution >= 4 is 17.2 Å². The monoisotopic (exact) mass is 344 g/mol. The number of hydrogen-bond acceptors (Lipinski definition) is 4. The molecule has 0 spiro atoms. The summed E-state index contributed by atoms with van der Waals surface area (Å²) < 4.78 is 5.70. The van der Waals surface area contributed by atoms with Crippen molar-refractivity contribution in [2.45, 2.75) is 45.8 Å². The van der Waals surface area contributed by atoms with E-state index in [9.17, 15) is 4.79 Å². The molecule has 1 aromatic heterocycles. The highest BCUT2D eigenvalue weighted by molar-refractivity contribution is 7.13. The van der Waals surface area contributed by atoms with E-state index < -0.39 is 0 Å². The van der Waals surface area contributed by atoms with Gasteiger partial charge in [0.1, 0.15) is 10.7 Å². The van der Waals surface area contributed by atoms with Crippen molar-refractivity contribution in [2.75, 3.05) is 13.1 Å². The summed E-state index contributed by atoms with van der Waals surface area (Å²) in [5.74, 6) is 0.510. The van der Waals surface area contributed by atoms with Crippen LogP contribution in [-0.2, 0) is 4.74 Å². The zero-order chi connectivity index (χ0) is 17.3. The van der Waals surface area contributed by atoms with Crippen molar-refractivity contribution < 1.29 is 9.53 Å². The molecule has 0 saturated carbocycles. The van der Waals surface area contributed by atoms with Crippen LogP contribution in [0.15, 0.2) is 29.6 Å². The summed E-state index contributed by atoms with van der Waals surface area (Å²) in [7, 11) is 0. The second-order valence-electron chi connectivity index (χ2n) is 6.78. The third-order valence-electron chi connectivity index (χ3n) is 4.25. The maximum absolute atomic E-state index is 12.7. The van der Waals surface area contributed by atoms with E-state index in [0.29, 0.717) is 24.7 Å². The maximum Gasteiger partial charge on any atom is 0.273 e. The minimum Gasteiger partial charge on any atom is -0.372 e. The lowest BCUT2D eigenvalue weighted by atomic mass is 10.0. The molecule has 2 atom stereocenters. The van der Waals surface area contributed by atoms with E-state index in [0.717, 1.165) is 10.6 Å².